The molecule has 3 heterocycles. The van der Waals surface area contributed by atoms with Gasteiger partial charge in [0, 0.05) is 29.5 Å². The van der Waals surface area contributed by atoms with Crippen LogP contribution in [0.5, 0.6) is 0 Å². The van der Waals surface area contributed by atoms with Gasteiger partial charge in [0.25, 0.3) is 0 Å². The first-order valence-electron chi connectivity index (χ1n) is 9.77. The van der Waals surface area contributed by atoms with Crippen LogP contribution in [-0.4, -0.2) is 45.9 Å². The number of fused-ring (bicyclic) bond motifs is 1. The lowest BCUT2D eigenvalue weighted by Gasteiger charge is -2.65. The van der Waals surface area contributed by atoms with E-state index in [9.17, 15) is 10.2 Å². The van der Waals surface area contributed by atoms with Crippen LogP contribution in [0.1, 0.15) is 39.0 Å². The number of rotatable bonds is 0. The summed E-state index contributed by atoms with van der Waals surface area (Å²) in [4.78, 5) is 2.83. The fourth-order valence-electron chi connectivity index (χ4n) is 10.3. The van der Waals surface area contributed by atoms with Crippen molar-refractivity contribution in [2.45, 2.75) is 63.3 Å². The van der Waals surface area contributed by atoms with Gasteiger partial charge in [-0.05, 0) is 66.8 Å². The summed E-state index contributed by atoms with van der Waals surface area (Å²) in [6.45, 7) is 8.05. The van der Waals surface area contributed by atoms with Gasteiger partial charge in [0.15, 0.2) is 0 Å². The van der Waals surface area contributed by atoms with E-state index in [0.717, 1.165) is 12.0 Å². The zero-order valence-corrected chi connectivity index (χ0v) is 13.9. The van der Waals surface area contributed by atoms with Crippen molar-refractivity contribution in [2.24, 2.45) is 39.9 Å². The quantitative estimate of drug-likeness (QED) is 0.670. The van der Waals surface area contributed by atoms with Crippen LogP contribution in [0, 0.1) is 39.9 Å². The molecule has 12 atom stereocenters. The highest BCUT2D eigenvalue weighted by atomic mass is 16.3. The molecule has 9 aliphatic rings. The maximum absolute atomic E-state index is 11.3. The molecule has 3 unspecified atom stereocenters. The fourth-order valence-corrected chi connectivity index (χ4v) is 10.3. The van der Waals surface area contributed by atoms with Gasteiger partial charge in [-0.1, -0.05) is 13.5 Å². The van der Waals surface area contributed by atoms with Gasteiger partial charge in [-0.25, -0.2) is 0 Å². The third kappa shape index (κ3) is 0.910. The summed E-state index contributed by atoms with van der Waals surface area (Å²) in [7, 11) is 0. The molecule has 9 bridgehead atoms. The van der Waals surface area contributed by atoms with Gasteiger partial charge >= 0.3 is 0 Å². The van der Waals surface area contributed by atoms with Gasteiger partial charge in [-0.15, -0.1) is 0 Å². The summed E-state index contributed by atoms with van der Waals surface area (Å²) in [5.74, 6) is 2.36. The molecule has 0 aromatic carbocycles. The van der Waals surface area contributed by atoms with Gasteiger partial charge in [0.05, 0.1) is 12.2 Å². The van der Waals surface area contributed by atoms with Crippen LogP contribution >= 0.6 is 0 Å². The summed E-state index contributed by atoms with van der Waals surface area (Å²) in [5, 5.41) is 22.6. The lowest BCUT2D eigenvalue weighted by Crippen LogP contribution is -2.65. The Morgan fingerprint density at radius 2 is 2.09 bits per heavy atom. The Morgan fingerprint density at radius 1 is 1.26 bits per heavy atom. The third-order valence-corrected chi connectivity index (χ3v) is 10.4. The van der Waals surface area contributed by atoms with E-state index in [1.807, 2.05) is 0 Å². The van der Waals surface area contributed by atoms with Crippen LogP contribution in [0.4, 0.5) is 0 Å². The Labute approximate surface area is 137 Å². The first-order chi connectivity index (χ1) is 11.0. The van der Waals surface area contributed by atoms with E-state index in [1.54, 1.807) is 0 Å². The third-order valence-electron chi connectivity index (χ3n) is 10.4. The Hall–Kier alpha value is -0.380. The molecular formula is C20H27NO2. The largest absolute Gasteiger partial charge is 0.392 e. The Morgan fingerprint density at radius 3 is 2.91 bits per heavy atom. The molecule has 9 rings (SSSR count). The van der Waals surface area contributed by atoms with Crippen LogP contribution in [0.25, 0.3) is 0 Å². The van der Waals surface area contributed by atoms with E-state index in [-0.39, 0.29) is 23.0 Å². The van der Waals surface area contributed by atoms with Crippen molar-refractivity contribution in [3.63, 3.8) is 0 Å². The molecule has 3 heteroatoms. The van der Waals surface area contributed by atoms with Crippen molar-refractivity contribution in [3.8, 4) is 0 Å². The highest BCUT2D eigenvalue weighted by molar-refractivity contribution is 5.43. The van der Waals surface area contributed by atoms with Gasteiger partial charge in [-0.2, -0.15) is 0 Å². The fraction of sp³-hybridized carbons (Fsp3) is 0.900. The highest BCUT2D eigenvalue weighted by Gasteiger charge is 2.89. The first-order valence-corrected chi connectivity index (χ1v) is 9.77. The van der Waals surface area contributed by atoms with E-state index < -0.39 is 0 Å². The summed E-state index contributed by atoms with van der Waals surface area (Å²) in [6.07, 6.45) is 5.38. The Bertz CT molecular complexity index is 677. The summed E-state index contributed by atoms with van der Waals surface area (Å²) in [5.41, 5.74) is 1.72. The lowest BCUT2D eigenvalue weighted by molar-refractivity contribution is -0.194. The number of hydrogen-bond donors (Lipinski definition) is 2. The van der Waals surface area contributed by atoms with E-state index in [0.29, 0.717) is 41.2 Å². The maximum atomic E-state index is 11.3. The van der Waals surface area contributed by atoms with Crippen LogP contribution < -0.4 is 0 Å². The predicted molar refractivity (Wildman–Crippen MR) is 85.5 cm³/mol. The van der Waals surface area contributed by atoms with Crippen molar-refractivity contribution in [2.75, 3.05) is 6.54 Å². The van der Waals surface area contributed by atoms with E-state index in [1.165, 1.54) is 32.2 Å². The second-order valence-corrected chi connectivity index (χ2v) is 10.5. The van der Waals surface area contributed by atoms with E-state index >= 15 is 0 Å². The van der Waals surface area contributed by atoms with E-state index in [2.05, 4.69) is 18.4 Å². The smallest absolute Gasteiger partial charge is 0.0813 e. The molecule has 3 aliphatic heterocycles. The topological polar surface area (TPSA) is 43.7 Å². The molecule has 9 fully saturated rings. The monoisotopic (exact) mass is 313 g/mol. The number of hydrogen-bond acceptors (Lipinski definition) is 3. The molecule has 23 heavy (non-hydrogen) atoms. The molecular weight excluding hydrogens is 286 g/mol. The number of aliphatic hydroxyl groups excluding tert-OH is 2. The number of nitrogens with zero attached hydrogens (tertiary/aromatic N) is 1. The zero-order valence-electron chi connectivity index (χ0n) is 13.9. The second kappa shape index (κ2) is 3.20. The summed E-state index contributed by atoms with van der Waals surface area (Å²) >= 11 is 0. The second-order valence-electron chi connectivity index (χ2n) is 10.5. The van der Waals surface area contributed by atoms with Gasteiger partial charge < -0.3 is 10.2 Å². The molecule has 124 valence electrons. The van der Waals surface area contributed by atoms with Gasteiger partial charge in [-0.3, -0.25) is 4.90 Å². The standard InChI is InChI=1S/C20H27NO2/c1-9-10-5-11-16-20-13(6-10)19(11,17(9)23)7-12-15(20)18(2,8-21(12)16)4-3-14(20)22/h10-17,22-23H,1,3-8H2,2H3/t10-,11-,12?,13?,14+,15-,16+,17+,18-,19+,20-/m0/s1. The normalized spacial score (nSPS) is 75.6. The van der Waals surface area contributed by atoms with Crippen molar-refractivity contribution >= 4 is 0 Å². The molecule has 6 aliphatic carbocycles. The molecule has 0 aromatic rings. The molecule has 2 spiro atoms. The maximum Gasteiger partial charge on any atom is 0.0813 e. The molecule has 2 N–H and O–H groups in total. The minimum Gasteiger partial charge on any atom is -0.392 e. The van der Waals surface area contributed by atoms with Crippen LogP contribution in [-0.2, 0) is 0 Å². The SMILES string of the molecule is C=C1[C@@H]2CC3[C@]4(CC5[C@H]6[C@@]7(C)CC[C@@H](O)[C@@]36[C@@H]([C@@H]4C2)N5C7)[C@@H]1O. The molecule has 0 radical (unpaired) electrons. The first kappa shape index (κ1) is 12.9. The predicted octanol–water partition coefficient (Wildman–Crippen LogP) is 1.79. The van der Waals surface area contributed by atoms with Crippen LogP contribution in [0.15, 0.2) is 12.2 Å². The van der Waals surface area contributed by atoms with Crippen molar-refractivity contribution in [3.05, 3.63) is 12.2 Å². The van der Waals surface area contributed by atoms with Crippen molar-refractivity contribution < 1.29 is 10.2 Å². The van der Waals surface area contributed by atoms with E-state index in [4.69, 9.17) is 0 Å². The molecule has 3 saturated heterocycles. The van der Waals surface area contributed by atoms with Gasteiger partial charge in [0.2, 0.25) is 0 Å². The van der Waals surface area contributed by atoms with Crippen molar-refractivity contribution in [1.82, 2.24) is 4.90 Å². The average molecular weight is 313 g/mol. The molecule has 6 saturated carbocycles. The minimum absolute atomic E-state index is 0.0672. The Kier molecular flexibility index (Phi) is 1.79. The average Bonchev–Trinajstić information content (AvgIpc) is 2.94. The summed E-state index contributed by atoms with van der Waals surface area (Å²) in [6, 6.07) is 1.19. The minimum atomic E-state index is -0.295. The van der Waals surface area contributed by atoms with Crippen molar-refractivity contribution in [1.29, 1.82) is 0 Å². The number of aliphatic hydroxyl groups is 2. The highest BCUT2D eigenvalue weighted by Crippen LogP contribution is 2.86. The number of piperidine rings is 2. The van der Waals surface area contributed by atoms with Crippen LogP contribution in [0.2, 0.25) is 0 Å². The summed E-state index contributed by atoms with van der Waals surface area (Å²) < 4.78 is 0. The van der Waals surface area contributed by atoms with Gasteiger partial charge in [0.1, 0.15) is 0 Å². The molecule has 0 aromatic heterocycles. The van der Waals surface area contributed by atoms with Crippen LogP contribution in [0.3, 0.4) is 0 Å². The molecule has 3 nitrogen and oxygen atoms in total. The molecule has 0 amide bonds. The lowest BCUT2D eigenvalue weighted by atomic mass is 9.40. The Balaban J connectivity index is 1.54. The zero-order chi connectivity index (χ0) is 15.5.